The van der Waals surface area contributed by atoms with Gasteiger partial charge in [0.05, 0.1) is 23.2 Å². The molecule has 0 saturated carbocycles. The van der Waals surface area contributed by atoms with Crippen LogP contribution in [0.4, 0.5) is 5.69 Å². The first-order chi connectivity index (χ1) is 13.4. The maximum absolute atomic E-state index is 13.0. The molecule has 0 radical (unpaired) electrons. The van der Waals surface area contributed by atoms with Crippen LogP contribution in [0.2, 0.25) is 10.0 Å². The Kier molecular flexibility index (Phi) is 8.48. The molecule has 2 rings (SSSR count). The number of ether oxygens (including phenoxy) is 1. The van der Waals surface area contributed by atoms with E-state index in [1.807, 2.05) is 6.92 Å². The molecule has 0 saturated heterocycles. The van der Waals surface area contributed by atoms with Crippen LogP contribution in [0.3, 0.4) is 0 Å². The van der Waals surface area contributed by atoms with Crippen molar-refractivity contribution in [3.05, 3.63) is 62.5 Å². The van der Waals surface area contributed by atoms with E-state index >= 15 is 0 Å². The highest BCUT2D eigenvalue weighted by Gasteiger charge is 2.30. The SMILES string of the molecule is CCOC(=O)/C(=N\Nc1ccc(Cl)cc1Cl)C(CC)C(=O)c1ccc(Br)cc1. The molecule has 0 bridgehead atoms. The van der Waals surface area contributed by atoms with Gasteiger partial charge in [-0.2, -0.15) is 5.10 Å². The fourth-order valence-corrected chi connectivity index (χ4v) is 3.20. The predicted molar refractivity (Wildman–Crippen MR) is 116 cm³/mol. The Bertz CT molecular complexity index is 886. The van der Waals surface area contributed by atoms with Gasteiger partial charge in [0.15, 0.2) is 11.5 Å². The summed E-state index contributed by atoms with van der Waals surface area (Å²) in [6, 6.07) is 11.8. The van der Waals surface area contributed by atoms with Crippen LogP contribution < -0.4 is 5.43 Å². The van der Waals surface area contributed by atoms with E-state index < -0.39 is 11.9 Å². The fraction of sp³-hybridized carbons (Fsp3) is 0.250. The van der Waals surface area contributed by atoms with Crippen molar-refractivity contribution in [1.82, 2.24) is 0 Å². The zero-order chi connectivity index (χ0) is 20.7. The van der Waals surface area contributed by atoms with Crippen molar-refractivity contribution >= 4 is 62.3 Å². The summed E-state index contributed by atoms with van der Waals surface area (Å²) in [6.07, 6.45) is 0.378. The summed E-state index contributed by atoms with van der Waals surface area (Å²) in [7, 11) is 0. The van der Waals surface area contributed by atoms with Crippen LogP contribution >= 0.6 is 39.1 Å². The van der Waals surface area contributed by atoms with Gasteiger partial charge in [-0.05, 0) is 43.7 Å². The smallest absolute Gasteiger partial charge is 0.355 e. The third-order valence-electron chi connectivity index (χ3n) is 3.90. The molecule has 2 aromatic carbocycles. The lowest BCUT2D eigenvalue weighted by molar-refractivity contribution is -0.135. The standard InChI is InChI=1S/C20H19BrCl2N2O3/c1-3-15(19(26)12-5-7-13(21)8-6-12)18(20(27)28-4-2)25-24-17-10-9-14(22)11-16(17)23/h5-11,15,24H,3-4H2,1-2H3/b25-18-. The van der Waals surface area contributed by atoms with Gasteiger partial charge >= 0.3 is 5.97 Å². The van der Waals surface area contributed by atoms with Crippen LogP contribution in [0.5, 0.6) is 0 Å². The highest BCUT2D eigenvalue weighted by atomic mass is 79.9. The van der Waals surface area contributed by atoms with Crippen LogP contribution in [-0.4, -0.2) is 24.1 Å². The number of hydrazone groups is 1. The molecule has 0 aliphatic rings. The number of carbonyl (C=O) groups is 2. The van der Waals surface area contributed by atoms with Crippen molar-refractivity contribution < 1.29 is 14.3 Å². The van der Waals surface area contributed by atoms with Gasteiger partial charge in [0, 0.05) is 15.1 Å². The highest BCUT2D eigenvalue weighted by molar-refractivity contribution is 9.10. The third kappa shape index (κ3) is 5.80. The van der Waals surface area contributed by atoms with Crippen molar-refractivity contribution in [3.63, 3.8) is 0 Å². The van der Waals surface area contributed by atoms with E-state index in [2.05, 4.69) is 26.5 Å². The molecule has 0 spiro atoms. The number of ketones is 1. The number of esters is 1. The second-order valence-corrected chi connectivity index (χ2v) is 7.54. The number of carbonyl (C=O) groups excluding carboxylic acids is 2. The molecule has 1 atom stereocenters. The Balaban J connectivity index is 2.37. The number of nitrogens with one attached hydrogen (secondary N) is 1. The van der Waals surface area contributed by atoms with E-state index in [1.54, 1.807) is 49.4 Å². The first-order valence-electron chi connectivity index (χ1n) is 8.62. The minimum atomic E-state index is -0.765. The molecule has 28 heavy (non-hydrogen) atoms. The molecule has 0 heterocycles. The summed E-state index contributed by atoms with van der Waals surface area (Å²) in [4.78, 5) is 25.5. The fourth-order valence-electron chi connectivity index (χ4n) is 2.49. The zero-order valence-electron chi connectivity index (χ0n) is 15.3. The van der Waals surface area contributed by atoms with E-state index in [9.17, 15) is 9.59 Å². The average Bonchev–Trinajstić information content (AvgIpc) is 2.66. The number of anilines is 1. The van der Waals surface area contributed by atoms with Gasteiger partial charge in [0.1, 0.15) is 0 Å². The van der Waals surface area contributed by atoms with E-state index in [0.29, 0.717) is 27.7 Å². The Morgan fingerprint density at radius 1 is 1.14 bits per heavy atom. The summed E-state index contributed by atoms with van der Waals surface area (Å²) >= 11 is 15.4. The molecule has 1 unspecified atom stereocenters. The summed E-state index contributed by atoms with van der Waals surface area (Å²) in [5.74, 6) is -1.64. The molecule has 0 aromatic heterocycles. The topological polar surface area (TPSA) is 67.8 Å². The Hall–Kier alpha value is -1.89. The van der Waals surface area contributed by atoms with Crippen molar-refractivity contribution in [2.75, 3.05) is 12.0 Å². The number of Topliss-reactive ketones (excluding diaryl/α,β-unsaturated/α-hetero) is 1. The maximum Gasteiger partial charge on any atom is 0.355 e. The van der Waals surface area contributed by atoms with Gasteiger partial charge in [0.2, 0.25) is 0 Å². The second kappa shape index (κ2) is 10.6. The normalized spacial score (nSPS) is 12.4. The Labute approximate surface area is 182 Å². The average molecular weight is 486 g/mol. The summed E-state index contributed by atoms with van der Waals surface area (Å²) in [5.41, 5.74) is 3.68. The lowest BCUT2D eigenvalue weighted by atomic mass is 9.91. The molecule has 0 aliphatic heterocycles. The maximum atomic E-state index is 13.0. The molecule has 0 aliphatic carbocycles. The molecule has 0 fully saturated rings. The lowest BCUT2D eigenvalue weighted by Crippen LogP contribution is -2.32. The van der Waals surface area contributed by atoms with Gasteiger partial charge < -0.3 is 4.74 Å². The number of nitrogens with zero attached hydrogens (tertiary/aromatic N) is 1. The van der Waals surface area contributed by atoms with Crippen LogP contribution in [0.1, 0.15) is 30.6 Å². The summed E-state index contributed by atoms with van der Waals surface area (Å²) in [5, 5.41) is 4.99. The second-order valence-electron chi connectivity index (χ2n) is 5.79. The Morgan fingerprint density at radius 2 is 1.82 bits per heavy atom. The molecule has 0 amide bonds. The van der Waals surface area contributed by atoms with E-state index in [0.717, 1.165) is 4.47 Å². The number of hydrogen-bond acceptors (Lipinski definition) is 5. The quantitative estimate of drug-likeness (QED) is 0.215. The molecule has 8 heteroatoms. The van der Waals surface area contributed by atoms with Crippen molar-refractivity contribution in [2.45, 2.75) is 20.3 Å². The number of rotatable bonds is 8. The largest absolute Gasteiger partial charge is 0.461 e. The monoisotopic (exact) mass is 484 g/mol. The van der Waals surface area contributed by atoms with E-state index in [1.165, 1.54) is 0 Å². The Morgan fingerprint density at radius 3 is 2.39 bits per heavy atom. The third-order valence-corrected chi connectivity index (χ3v) is 4.97. The minimum absolute atomic E-state index is 0.0108. The van der Waals surface area contributed by atoms with Gasteiger partial charge in [0.25, 0.3) is 0 Å². The molecular weight excluding hydrogens is 467 g/mol. The van der Waals surface area contributed by atoms with Crippen LogP contribution in [0, 0.1) is 5.92 Å². The van der Waals surface area contributed by atoms with Gasteiger partial charge in [-0.3, -0.25) is 10.2 Å². The molecule has 1 N–H and O–H groups in total. The van der Waals surface area contributed by atoms with Gasteiger partial charge in [-0.1, -0.05) is 58.2 Å². The summed E-state index contributed by atoms with van der Waals surface area (Å²) in [6.45, 7) is 3.67. The van der Waals surface area contributed by atoms with Crippen LogP contribution in [0.25, 0.3) is 0 Å². The first kappa shape index (κ1) is 22.4. The van der Waals surface area contributed by atoms with Crippen LogP contribution in [0.15, 0.2) is 52.0 Å². The van der Waals surface area contributed by atoms with Crippen molar-refractivity contribution in [1.29, 1.82) is 0 Å². The molecule has 2 aromatic rings. The van der Waals surface area contributed by atoms with Gasteiger partial charge in [-0.25, -0.2) is 4.79 Å². The van der Waals surface area contributed by atoms with E-state index in [4.69, 9.17) is 27.9 Å². The number of halogens is 3. The number of benzene rings is 2. The lowest BCUT2D eigenvalue weighted by Gasteiger charge is -2.16. The number of hydrogen-bond donors (Lipinski definition) is 1. The zero-order valence-corrected chi connectivity index (χ0v) is 18.4. The molecule has 5 nitrogen and oxygen atoms in total. The van der Waals surface area contributed by atoms with Crippen LogP contribution in [-0.2, 0) is 9.53 Å². The highest BCUT2D eigenvalue weighted by Crippen LogP contribution is 2.26. The first-order valence-corrected chi connectivity index (χ1v) is 10.2. The predicted octanol–water partition coefficient (Wildman–Crippen LogP) is 6.00. The molecule has 148 valence electrons. The van der Waals surface area contributed by atoms with Crippen molar-refractivity contribution in [2.24, 2.45) is 11.0 Å². The van der Waals surface area contributed by atoms with Gasteiger partial charge in [-0.15, -0.1) is 0 Å². The summed E-state index contributed by atoms with van der Waals surface area (Å²) < 4.78 is 5.96. The minimum Gasteiger partial charge on any atom is -0.461 e. The van der Waals surface area contributed by atoms with E-state index in [-0.39, 0.29) is 18.1 Å². The molecular formula is C20H19BrCl2N2O3. The van der Waals surface area contributed by atoms with Crippen molar-refractivity contribution in [3.8, 4) is 0 Å².